The molecule has 0 radical (unpaired) electrons. The van der Waals surface area contributed by atoms with Crippen molar-refractivity contribution in [2.24, 2.45) is 5.92 Å². The zero-order valence-electron chi connectivity index (χ0n) is 15.3. The van der Waals surface area contributed by atoms with Crippen LogP contribution in [0.15, 0.2) is 41.4 Å². The number of anilines is 1. The highest BCUT2D eigenvalue weighted by molar-refractivity contribution is 5.86. The minimum absolute atomic E-state index is 0.705. The van der Waals surface area contributed by atoms with Gasteiger partial charge >= 0.3 is 0 Å². The van der Waals surface area contributed by atoms with Crippen LogP contribution in [0.5, 0.6) is 5.88 Å². The van der Waals surface area contributed by atoms with E-state index in [1.165, 1.54) is 18.5 Å². The SMILES string of the molecule is c1nc(OCC2CC2)c2cc(N3CCN(Cc4ccon4)CC3)ccc2n1. The Balaban J connectivity index is 1.29. The second-order valence-electron chi connectivity index (χ2n) is 7.39. The summed E-state index contributed by atoms with van der Waals surface area (Å²) in [7, 11) is 0. The van der Waals surface area contributed by atoms with Gasteiger partial charge in [0.2, 0.25) is 5.88 Å². The summed E-state index contributed by atoms with van der Waals surface area (Å²) in [6.07, 6.45) is 5.76. The molecule has 0 atom stereocenters. The third-order valence-electron chi connectivity index (χ3n) is 5.35. The number of ether oxygens (including phenoxy) is 1. The van der Waals surface area contributed by atoms with Gasteiger partial charge < -0.3 is 14.2 Å². The summed E-state index contributed by atoms with van der Waals surface area (Å²) in [6, 6.07) is 8.31. The molecular formula is C20H23N5O2. The summed E-state index contributed by atoms with van der Waals surface area (Å²) in [5.41, 5.74) is 3.13. The Morgan fingerprint density at radius 1 is 1.07 bits per heavy atom. The second kappa shape index (κ2) is 7.15. The topological polar surface area (TPSA) is 67.5 Å². The fourth-order valence-electron chi connectivity index (χ4n) is 3.53. The van der Waals surface area contributed by atoms with Crippen molar-refractivity contribution in [1.82, 2.24) is 20.0 Å². The zero-order chi connectivity index (χ0) is 18.1. The van der Waals surface area contributed by atoms with Gasteiger partial charge in [0.1, 0.15) is 12.6 Å². The van der Waals surface area contributed by atoms with Crippen LogP contribution >= 0.6 is 0 Å². The van der Waals surface area contributed by atoms with Gasteiger partial charge in [-0.3, -0.25) is 4.90 Å². The number of hydrogen-bond acceptors (Lipinski definition) is 7. The number of nitrogens with zero attached hydrogens (tertiary/aromatic N) is 5. The molecule has 0 N–H and O–H groups in total. The Labute approximate surface area is 157 Å². The van der Waals surface area contributed by atoms with Crippen LogP contribution in [0.1, 0.15) is 18.5 Å². The molecule has 0 amide bonds. The molecule has 2 fully saturated rings. The Hall–Kier alpha value is -2.67. The third kappa shape index (κ3) is 3.73. The van der Waals surface area contributed by atoms with Gasteiger partial charge in [-0.1, -0.05) is 5.16 Å². The molecule has 1 saturated carbocycles. The van der Waals surface area contributed by atoms with Gasteiger partial charge in [-0.2, -0.15) is 0 Å². The molecule has 1 aliphatic heterocycles. The van der Waals surface area contributed by atoms with Crippen molar-refractivity contribution < 1.29 is 9.26 Å². The number of rotatable bonds is 6. The van der Waals surface area contributed by atoms with Crippen LogP contribution in [-0.4, -0.2) is 52.8 Å². The zero-order valence-corrected chi connectivity index (χ0v) is 15.3. The first-order valence-corrected chi connectivity index (χ1v) is 9.59. The van der Waals surface area contributed by atoms with E-state index in [9.17, 15) is 0 Å². The first-order valence-electron chi connectivity index (χ1n) is 9.59. The molecule has 27 heavy (non-hydrogen) atoms. The molecule has 140 valence electrons. The average molecular weight is 365 g/mol. The first-order chi connectivity index (χ1) is 13.3. The van der Waals surface area contributed by atoms with Crippen molar-refractivity contribution in [2.45, 2.75) is 19.4 Å². The van der Waals surface area contributed by atoms with E-state index in [0.717, 1.165) is 55.9 Å². The lowest BCUT2D eigenvalue weighted by Crippen LogP contribution is -2.46. The van der Waals surface area contributed by atoms with Gasteiger partial charge in [-0.05, 0) is 37.0 Å². The third-order valence-corrected chi connectivity index (χ3v) is 5.35. The number of aromatic nitrogens is 3. The van der Waals surface area contributed by atoms with Crippen LogP contribution in [0.2, 0.25) is 0 Å². The molecule has 1 aliphatic carbocycles. The molecule has 3 aromatic rings. The maximum Gasteiger partial charge on any atom is 0.224 e. The Morgan fingerprint density at radius 3 is 2.74 bits per heavy atom. The minimum Gasteiger partial charge on any atom is -0.477 e. The molecule has 1 saturated heterocycles. The summed E-state index contributed by atoms with van der Waals surface area (Å²) < 4.78 is 10.9. The molecular weight excluding hydrogens is 342 g/mol. The van der Waals surface area contributed by atoms with Crippen LogP contribution < -0.4 is 9.64 Å². The van der Waals surface area contributed by atoms with Gasteiger partial charge in [-0.15, -0.1) is 0 Å². The minimum atomic E-state index is 0.705. The second-order valence-corrected chi connectivity index (χ2v) is 7.39. The molecule has 7 heteroatoms. The lowest BCUT2D eigenvalue weighted by molar-refractivity contribution is 0.242. The maximum atomic E-state index is 5.97. The summed E-state index contributed by atoms with van der Waals surface area (Å²) in [4.78, 5) is 13.6. The number of benzene rings is 1. The molecule has 5 rings (SSSR count). The monoisotopic (exact) mass is 365 g/mol. The van der Waals surface area contributed by atoms with Crippen LogP contribution in [0.3, 0.4) is 0 Å². The highest BCUT2D eigenvalue weighted by Gasteiger charge is 2.23. The van der Waals surface area contributed by atoms with E-state index < -0.39 is 0 Å². The molecule has 2 aliphatic rings. The first kappa shape index (κ1) is 16.5. The van der Waals surface area contributed by atoms with E-state index in [4.69, 9.17) is 9.26 Å². The quantitative estimate of drug-likeness (QED) is 0.665. The van der Waals surface area contributed by atoms with Crippen molar-refractivity contribution in [3.63, 3.8) is 0 Å². The van der Waals surface area contributed by atoms with Crippen molar-refractivity contribution in [2.75, 3.05) is 37.7 Å². The van der Waals surface area contributed by atoms with Crippen molar-refractivity contribution in [3.8, 4) is 5.88 Å². The van der Waals surface area contributed by atoms with E-state index in [-0.39, 0.29) is 0 Å². The molecule has 0 bridgehead atoms. The van der Waals surface area contributed by atoms with Crippen molar-refractivity contribution in [1.29, 1.82) is 0 Å². The van der Waals surface area contributed by atoms with E-state index in [0.29, 0.717) is 11.8 Å². The fourth-order valence-corrected chi connectivity index (χ4v) is 3.53. The normalized spacial score (nSPS) is 18.1. The molecule has 7 nitrogen and oxygen atoms in total. The lowest BCUT2D eigenvalue weighted by atomic mass is 10.2. The van der Waals surface area contributed by atoms with Crippen molar-refractivity contribution in [3.05, 3.63) is 42.5 Å². The predicted octanol–water partition coefficient (Wildman–Crippen LogP) is 2.73. The lowest BCUT2D eigenvalue weighted by Gasteiger charge is -2.35. The highest BCUT2D eigenvalue weighted by atomic mass is 16.5. The maximum absolute atomic E-state index is 5.97. The van der Waals surface area contributed by atoms with Crippen molar-refractivity contribution >= 4 is 16.6 Å². The standard InChI is InChI=1S/C20H23N5O2/c1-2-15(1)13-26-20-18-11-17(3-4-19(18)21-14-22-20)25-8-6-24(7-9-25)12-16-5-10-27-23-16/h3-5,10-11,14-15H,1-2,6-9,12-13H2. The summed E-state index contributed by atoms with van der Waals surface area (Å²) >= 11 is 0. The van der Waals surface area contributed by atoms with Crippen LogP contribution in [0.4, 0.5) is 5.69 Å². The van der Waals surface area contributed by atoms with Gasteiger partial charge in [0.25, 0.3) is 0 Å². The summed E-state index contributed by atoms with van der Waals surface area (Å²) in [6.45, 7) is 5.57. The number of hydrogen-bond donors (Lipinski definition) is 0. The van der Waals surface area contributed by atoms with E-state index >= 15 is 0 Å². The largest absolute Gasteiger partial charge is 0.477 e. The molecule has 0 unspecified atom stereocenters. The van der Waals surface area contributed by atoms with Gasteiger partial charge in [0.05, 0.1) is 23.2 Å². The Bertz CT molecular complexity index is 902. The summed E-state index contributed by atoms with van der Waals surface area (Å²) in [5, 5.41) is 5.01. The smallest absolute Gasteiger partial charge is 0.224 e. The fraction of sp³-hybridized carbons (Fsp3) is 0.450. The van der Waals surface area contributed by atoms with E-state index in [1.807, 2.05) is 6.07 Å². The number of fused-ring (bicyclic) bond motifs is 1. The molecule has 0 spiro atoms. The average Bonchev–Trinajstić information content (AvgIpc) is 3.41. The summed E-state index contributed by atoms with van der Waals surface area (Å²) in [5.74, 6) is 1.41. The van der Waals surface area contributed by atoms with Crippen LogP contribution in [0.25, 0.3) is 10.9 Å². The van der Waals surface area contributed by atoms with Gasteiger partial charge in [-0.25, -0.2) is 9.97 Å². The Morgan fingerprint density at radius 2 is 1.96 bits per heavy atom. The van der Waals surface area contributed by atoms with Crippen LogP contribution in [-0.2, 0) is 6.54 Å². The Kier molecular flexibility index (Phi) is 4.37. The van der Waals surface area contributed by atoms with Crippen LogP contribution in [0, 0.1) is 5.92 Å². The highest BCUT2D eigenvalue weighted by Crippen LogP contribution is 2.32. The van der Waals surface area contributed by atoms with Gasteiger partial charge in [0.15, 0.2) is 0 Å². The molecule has 1 aromatic carbocycles. The van der Waals surface area contributed by atoms with E-state index in [1.54, 1.807) is 12.6 Å². The number of piperazine rings is 1. The van der Waals surface area contributed by atoms with E-state index in [2.05, 4.69) is 43.1 Å². The molecule has 2 aromatic heterocycles. The molecule has 3 heterocycles. The van der Waals surface area contributed by atoms with Gasteiger partial charge in [0, 0.05) is 44.5 Å². The predicted molar refractivity (Wildman–Crippen MR) is 102 cm³/mol.